The van der Waals surface area contributed by atoms with E-state index in [2.05, 4.69) is 15.4 Å². The Morgan fingerprint density at radius 2 is 2.04 bits per heavy atom. The number of H-pyrrole nitrogens is 1. The molecular weight excluding hydrogens is 304 g/mol. The average Bonchev–Trinajstić information content (AvgIpc) is 2.79. The largest absolute Gasteiger partial charge is 0.329 e. The number of anilines is 1. The zero-order chi connectivity index (χ0) is 17.4. The number of pyridine rings is 1. The van der Waals surface area contributed by atoms with E-state index >= 15 is 0 Å². The second kappa shape index (κ2) is 5.96. The van der Waals surface area contributed by atoms with Gasteiger partial charge in [0.15, 0.2) is 0 Å². The smallest absolute Gasteiger partial charge is 0.255 e. The molecule has 0 aliphatic rings. The van der Waals surface area contributed by atoms with Gasteiger partial charge >= 0.3 is 0 Å². The first-order valence-corrected chi connectivity index (χ1v) is 7.81. The molecule has 1 unspecified atom stereocenters. The van der Waals surface area contributed by atoms with Gasteiger partial charge in [0.1, 0.15) is 0 Å². The van der Waals surface area contributed by atoms with Gasteiger partial charge in [0.25, 0.3) is 5.56 Å². The predicted octanol–water partition coefficient (Wildman–Crippen LogP) is 2.62. The Kier molecular flexibility index (Phi) is 3.97. The molecule has 24 heavy (non-hydrogen) atoms. The highest BCUT2D eigenvalue weighted by Crippen LogP contribution is 2.25. The molecule has 0 aliphatic carbocycles. The third-order valence-electron chi connectivity index (χ3n) is 4.43. The van der Waals surface area contributed by atoms with Crippen molar-refractivity contribution in [2.45, 2.75) is 26.7 Å². The number of rotatable bonds is 3. The van der Waals surface area contributed by atoms with Gasteiger partial charge in [0, 0.05) is 35.6 Å². The summed E-state index contributed by atoms with van der Waals surface area (Å²) in [6.45, 7) is 5.74. The van der Waals surface area contributed by atoms with Crippen molar-refractivity contribution in [2.75, 3.05) is 5.32 Å². The number of hydrogen-bond donors (Lipinski definition) is 2. The zero-order valence-electron chi connectivity index (χ0n) is 14.2. The van der Waals surface area contributed by atoms with Gasteiger partial charge in [-0.15, -0.1) is 0 Å². The number of aromatic nitrogens is 3. The van der Waals surface area contributed by atoms with Crippen molar-refractivity contribution in [3.05, 3.63) is 57.8 Å². The molecule has 2 N–H and O–H groups in total. The van der Waals surface area contributed by atoms with Gasteiger partial charge in [0.2, 0.25) is 5.91 Å². The van der Waals surface area contributed by atoms with E-state index in [0.29, 0.717) is 11.1 Å². The number of carbonyl (C=O) groups excluding carboxylic acids is 1. The van der Waals surface area contributed by atoms with Crippen LogP contribution in [0.4, 0.5) is 5.69 Å². The van der Waals surface area contributed by atoms with Crippen LogP contribution >= 0.6 is 0 Å². The van der Waals surface area contributed by atoms with E-state index in [1.165, 1.54) is 0 Å². The van der Waals surface area contributed by atoms with Crippen molar-refractivity contribution in [1.82, 2.24) is 14.8 Å². The first kappa shape index (κ1) is 16.0. The molecule has 0 saturated carbocycles. The minimum atomic E-state index is -0.312. The Morgan fingerprint density at radius 1 is 1.29 bits per heavy atom. The van der Waals surface area contributed by atoms with Crippen molar-refractivity contribution < 1.29 is 4.79 Å². The van der Waals surface area contributed by atoms with Crippen LogP contribution in [0, 0.1) is 13.8 Å². The van der Waals surface area contributed by atoms with Crippen LogP contribution in [0.3, 0.4) is 0 Å². The molecule has 0 spiro atoms. The van der Waals surface area contributed by atoms with Gasteiger partial charge < -0.3 is 10.3 Å². The molecule has 6 nitrogen and oxygen atoms in total. The highest BCUT2D eigenvalue weighted by atomic mass is 16.2. The topological polar surface area (TPSA) is 79.8 Å². The molecule has 0 bridgehead atoms. The number of nitrogens with one attached hydrogen (secondary N) is 2. The third kappa shape index (κ3) is 2.71. The van der Waals surface area contributed by atoms with Crippen molar-refractivity contribution in [2.24, 2.45) is 7.05 Å². The summed E-state index contributed by atoms with van der Waals surface area (Å²) < 4.78 is 1.79. The highest BCUT2D eigenvalue weighted by Gasteiger charge is 2.22. The SMILES string of the molecule is Cc1nn(C)c(C)c1C(C)C(=O)Nc1ccc2c(=O)[nH]ccc2c1. The first-order valence-electron chi connectivity index (χ1n) is 7.81. The van der Waals surface area contributed by atoms with Crippen LogP contribution in [0.1, 0.15) is 29.8 Å². The lowest BCUT2D eigenvalue weighted by Gasteiger charge is -2.13. The highest BCUT2D eigenvalue weighted by molar-refractivity contribution is 5.97. The van der Waals surface area contributed by atoms with E-state index < -0.39 is 0 Å². The summed E-state index contributed by atoms with van der Waals surface area (Å²) >= 11 is 0. The number of aromatic amines is 1. The summed E-state index contributed by atoms with van der Waals surface area (Å²) in [5, 5.41) is 8.69. The molecule has 1 amide bonds. The fourth-order valence-corrected chi connectivity index (χ4v) is 3.07. The van der Waals surface area contributed by atoms with Crippen LogP contribution in [0.5, 0.6) is 0 Å². The summed E-state index contributed by atoms with van der Waals surface area (Å²) in [7, 11) is 1.87. The maximum absolute atomic E-state index is 12.6. The minimum absolute atomic E-state index is 0.0987. The number of amides is 1. The average molecular weight is 324 g/mol. The molecule has 2 heterocycles. The maximum Gasteiger partial charge on any atom is 0.255 e. The van der Waals surface area contributed by atoms with Crippen LogP contribution in [-0.2, 0) is 11.8 Å². The number of aryl methyl sites for hydroxylation is 2. The van der Waals surface area contributed by atoms with E-state index in [0.717, 1.165) is 22.3 Å². The summed E-state index contributed by atoms with van der Waals surface area (Å²) in [5.41, 5.74) is 3.33. The molecule has 2 aromatic heterocycles. The Morgan fingerprint density at radius 3 is 2.71 bits per heavy atom. The van der Waals surface area contributed by atoms with Gasteiger partial charge in [-0.1, -0.05) is 0 Å². The Hall–Kier alpha value is -2.89. The monoisotopic (exact) mass is 324 g/mol. The van der Waals surface area contributed by atoms with Crippen molar-refractivity contribution in [1.29, 1.82) is 0 Å². The Balaban J connectivity index is 1.88. The molecular formula is C18H20N4O2. The van der Waals surface area contributed by atoms with E-state index in [1.54, 1.807) is 29.1 Å². The number of benzene rings is 1. The zero-order valence-corrected chi connectivity index (χ0v) is 14.2. The lowest BCUT2D eigenvalue weighted by molar-refractivity contribution is -0.117. The number of carbonyl (C=O) groups is 1. The lowest BCUT2D eigenvalue weighted by atomic mass is 9.98. The summed E-state index contributed by atoms with van der Waals surface area (Å²) in [6, 6.07) is 7.07. The van der Waals surface area contributed by atoms with Gasteiger partial charge in [-0.2, -0.15) is 5.10 Å². The second-order valence-corrected chi connectivity index (χ2v) is 6.03. The molecule has 124 valence electrons. The van der Waals surface area contributed by atoms with Crippen LogP contribution < -0.4 is 10.9 Å². The van der Waals surface area contributed by atoms with Crippen molar-refractivity contribution in [3.63, 3.8) is 0 Å². The van der Waals surface area contributed by atoms with Crippen LogP contribution in [-0.4, -0.2) is 20.7 Å². The molecule has 1 aromatic carbocycles. The van der Waals surface area contributed by atoms with E-state index in [4.69, 9.17) is 0 Å². The number of hydrogen-bond acceptors (Lipinski definition) is 3. The van der Waals surface area contributed by atoms with Gasteiger partial charge in [0.05, 0.1) is 11.6 Å². The first-order chi connectivity index (χ1) is 11.4. The standard InChI is InChI=1S/C18H20N4O2/c1-10(16-11(2)21-22(4)12(16)3)17(23)20-14-5-6-15-13(9-14)7-8-19-18(15)24/h5-10H,1-4H3,(H,19,24)(H,20,23). The van der Waals surface area contributed by atoms with Gasteiger partial charge in [-0.3, -0.25) is 14.3 Å². The fraction of sp³-hybridized carbons (Fsp3) is 0.278. The minimum Gasteiger partial charge on any atom is -0.329 e. The number of nitrogens with zero attached hydrogens (tertiary/aromatic N) is 2. The summed E-state index contributed by atoms with van der Waals surface area (Å²) in [6.07, 6.45) is 1.60. The normalized spacial score (nSPS) is 12.3. The Labute approximate surface area is 139 Å². The van der Waals surface area contributed by atoms with Crippen molar-refractivity contribution >= 4 is 22.4 Å². The lowest BCUT2D eigenvalue weighted by Crippen LogP contribution is -2.20. The molecule has 1 atom stereocenters. The van der Waals surface area contributed by atoms with E-state index in [-0.39, 0.29) is 17.4 Å². The molecule has 0 fully saturated rings. The van der Waals surface area contributed by atoms with Crippen LogP contribution in [0.2, 0.25) is 0 Å². The second-order valence-electron chi connectivity index (χ2n) is 6.03. The molecule has 0 saturated heterocycles. The summed E-state index contributed by atoms with van der Waals surface area (Å²) in [4.78, 5) is 27.0. The van der Waals surface area contributed by atoms with E-state index in [1.807, 2.05) is 33.9 Å². The van der Waals surface area contributed by atoms with Crippen molar-refractivity contribution in [3.8, 4) is 0 Å². The van der Waals surface area contributed by atoms with Crippen LogP contribution in [0.25, 0.3) is 10.8 Å². The maximum atomic E-state index is 12.6. The quantitative estimate of drug-likeness (QED) is 0.777. The van der Waals surface area contributed by atoms with Gasteiger partial charge in [-0.25, -0.2) is 0 Å². The van der Waals surface area contributed by atoms with Crippen LogP contribution in [0.15, 0.2) is 35.3 Å². The summed E-state index contributed by atoms with van der Waals surface area (Å²) in [5.74, 6) is -0.410. The molecule has 3 aromatic rings. The predicted molar refractivity (Wildman–Crippen MR) is 94.3 cm³/mol. The third-order valence-corrected chi connectivity index (χ3v) is 4.43. The Bertz CT molecular complexity index is 984. The fourth-order valence-electron chi connectivity index (χ4n) is 3.07. The van der Waals surface area contributed by atoms with Gasteiger partial charge in [-0.05, 0) is 50.4 Å². The van der Waals surface area contributed by atoms with E-state index in [9.17, 15) is 9.59 Å². The number of fused-ring (bicyclic) bond motifs is 1. The molecule has 3 rings (SSSR count). The molecule has 6 heteroatoms. The molecule has 0 aliphatic heterocycles. The molecule has 0 radical (unpaired) electrons.